The summed E-state index contributed by atoms with van der Waals surface area (Å²) in [6, 6.07) is 8.03. The minimum Gasteiger partial charge on any atom is -0.334 e. The Morgan fingerprint density at radius 1 is 1.47 bits per heavy atom. The Morgan fingerprint density at radius 2 is 2.29 bits per heavy atom. The second-order valence-electron chi connectivity index (χ2n) is 4.11. The largest absolute Gasteiger partial charge is 0.334 e. The number of hydrogen-bond donors (Lipinski definition) is 3. The molecule has 0 saturated carbocycles. The van der Waals surface area contributed by atoms with Gasteiger partial charge in [0.1, 0.15) is 0 Å². The smallest absolute Gasteiger partial charge is 0.315 e. The number of amides is 2. The van der Waals surface area contributed by atoms with E-state index in [1.807, 2.05) is 24.3 Å². The summed E-state index contributed by atoms with van der Waals surface area (Å²) in [6.45, 7) is 2.38. The molecule has 1 unspecified atom stereocenters. The van der Waals surface area contributed by atoms with Gasteiger partial charge in [0.05, 0.1) is 0 Å². The lowest BCUT2D eigenvalue weighted by atomic mass is 10.2. The van der Waals surface area contributed by atoms with Gasteiger partial charge in [-0.1, -0.05) is 34.1 Å². The number of rotatable bonds is 3. The molecule has 3 N–H and O–H groups in total. The minimum absolute atomic E-state index is 0.102. The van der Waals surface area contributed by atoms with Crippen molar-refractivity contribution < 1.29 is 4.79 Å². The van der Waals surface area contributed by atoms with Gasteiger partial charge in [-0.15, -0.1) is 0 Å². The van der Waals surface area contributed by atoms with E-state index in [1.165, 1.54) is 0 Å². The molecule has 0 aromatic heterocycles. The summed E-state index contributed by atoms with van der Waals surface area (Å²) in [5, 5.41) is 9.01. The van der Waals surface area contributed by atoms with Gasteiger partial charge in [-0.2, -0.15) is 0 Å². The molecular formula is C12H16BrN3O. The van der Waals surface area contributed by atoms with Gasteiger partial charge in [0.15, 0.2) is 0 Å². The Balaban J connectivity index is 1.77. The average molecular weight is 298 g/mol. The monoisotopic (exact) mass is 297 g/mol. The number of carbonyl (C=O) groups is 1. The molecule has 0 spiro atoms. The zero-order chi connectivity index (χ0) is 12.1. The van der Waals surface area contributed by atoms with Crippen molar-refractivity contribution in [2.75, 3.05) is 13.1 Å². The molecule has 17 heavy (non-hydrogen) atoms. The van der Waals surface area contributed by atoms with Crippen LogP contribution < -0.4 is 16.0 Å². The Morgan fingerprint density at radius 3 is 3.00 bits per heavy atom. The van der Waals surface area contributed by atoms with Gasteiger partial charge in [-0.25, -0.2) is 4.79 Å². The molecule has 1 saturated heterocycles. The van der Waals surface area contributed by atoms with E-state index in [1.54, 1.807) is 0 Å². The van der Waals surface area contributed by atoms with Crippen molar-refractivity contribution in [2.45, 2.75) is 19.0 Å². The van der Waals surface area contributed by atoms with Crippen LogP contribution in [0.1, 0.15) is 12.0 Å². The van der Waals surface area contributed by atoms with Crippen molar-refractivity contribution in [3.05, 3.63) is 34.3 Å². The number of carbonyl (C=O) groups excluding carboxylic acids is 1. The van der Waals surface area contributed by atoms with Crippen molar-refractivity contribution in [3.63, 3.8) is 0 Å². The van der Waals surface area contributed by atoms with E-state index in [9.17, 15) is 4.79 Å². The van der Waals surface area contributed by atoms with Gasteiger partial charge in [-0.3, -0.25) is 0 Å². The molecule has 1 aliphatic rings. The first-order valence-electron chi connectivity index (χ1n) is 5.74. The van der Waals surface area contributed by atoms with Crippen molar-refractivity contribution in [2.24, 2.45) is 0 Å². The Labute approximate surface area is 109 Å². The van der Waals surface area contributed by atoms with Crippen LogP contribution in [0.2, 0.25) is 0 Å². The topological polar surface area (TPSA) is 53.2 Å². The highest BCUT2D eigenvalue weighted by Gasteiger charge is 2.16. The number of benzene rings is 1. The lowest BCUT2D eigenvalue weighted by molar-refractivity contribution is 0.237. The first-order chi connectivity index (χ1) is 8.25. The van der Waals surface area contributed by atoms with Crippen LogP contribution in [0.3, 0.4) is 0 Å². The third kappa shape index (κ3) is 3.71. The minimum atomic E-state index is -0.102. The van der Waals surface area contributed by atoms with Crippen LogP contribution in [0.5, 0.6) is 0 Å². The summed E-state index contributed by atoms with van der Waals surface area (Å²) < 4.78 is 1.02. The summed E-state index contributed by atoms with van der Waals surface area (Å²) >= 11 is 3.45. The number of halogens is 1. The van der Waals surface area contributed by atoms with E-state index in [0.717, 1.165) is 29.5 Å². The summed E-state index contributed by atoms with van der Waals surface area (Å²) in [7, 11) is 0. The van der Waals surface area contributed by atoms with Gasteiger partial charge in [-0.05, 0) is 24.6 Å². The molecule has 1 aliphatic heterocycles. The molecule has 92 valence electrons. The Bertz CT molecular complexity index is 391. The predicted octanol–water partition coefficient (Wildman–Crippen LogP) is 1.61. The molecule has 5 heteroatoms. The molecule has 4 nitrogen and oxygen atoms in total. The van der Waals surface area contributed by atoms with Crippen LogP contribution >= 0.6 is 15.9 Å². The zero-order valence-electron chi connectivity index (χ0n) is 9.50. The summed E-state index contributed by atoms with van der Waals surface area (Å²) in [5.41, 5.74) is 1.08. The van der Waals surface area contributed by atoms with Crippen LogP contribution in [0, 0.1) is 0 Å². The fraction of sp³-hybridized carbons (Fsp3) is 0.417. The first-order valence-corrected chi connectivity index (χ1v) is 6.53. The van der Waals surface area contributed by atoms with E-state index in [4.69, 9.17) is 0 Å². The molecule has 0 bridgehead atoms. The summed E-state index contributed by atoms with van der Waals surface area (Å²) in [4.78, 5) is 11.6. The molecule has 2 amide bonds. The van der Waals surface area contributed by atoms with Crippen molar-refractivity contribution in [3.8, 4) is 0 Å². The maximum Gasteiger partial charge on any atom is 0.315 e. The molecule has 1 heterocycles. The van der Waals surface area contributed by atoms with Gasteiger partial charge >= 0.3 is 6.03 Å². The third-order valence-corrected chi connectivity index (χ3v) is 3.57. The first kappa shape index (κ1) is 12.4. The molecule has 2 rings (SSSR count). The molecule has 0 radical (unpaired) electrons. The van der Waals surface area contributed by atoms with Crippen LogP contribution in [0.15, 0.2) is 28.7 Å². The molecule has 1 aromatic rings. The summed E-state index contributed by atoms with van der Waals surface area (Å²) in [6.07, 6.45) is 1.00. The van der Waals surface area contributed by atoms with Gasteiger partial charge in [0.2, 0.25) is 0 Å². The van der Waals surface area contributed by atoms with Gasteiger partial charge in [0, 0.05) is 23.6 Å². The van der Waals surface area contributed by atoms with Crippen molar-refractivity contribution in [1.82, 2.24) is 16.0 Å². The Hall–Kier alpha value is -1.07. The second kappa shape index (κ2) is 6.02. The highest BCUT2D eigenvalue weighted by atomic mass is 79.9. The third-order valence-electron chi connectivity index (χ3n) is 2.79. The van der Waals surface area contributed by atoms with Crippen LogP contribution in [-0.2, 0) is 6.54 Å². The molecule has 1 aromatic carbocycles. The van der Waals surface area contributed by atoms with Crippen molar-refractivity contribution >= 4 is 22.0 Å². The van der Waals surface area contributed by atoms with Crippen LogP contribution in [-0.4, -0.2) is 25.2 Å². The fourth-order valence-corrected chi connectivity index (χ4v) is 2.26. The lowest BCUT2D eigenvalue weighted by Gasteiger charge is -2.12. The van der Waals surface area contributed by atoms with E-state index < -0.39 is 0 Å². The second-order valence-corrected chi connectivity index (χ2v) is 4.96. The highest BCUT2D eigenvalue weighted by molar-refractivity contribution is 9.10. The molecule has 1 fully saturated rings. The van der Waals surface area contributed by atoms with Gasteiger partial charge in [0.25, 0.3) is 0 Å². The van der Waals surface area contributed by atoms with E-state index in [-0.39, 0.29) is 12.1 Å². The average Bonchev–Trinajstić information content (AvgIpc) is 2.81. The van der Waals surface area contributed by atoms with Crippen LogP contribution in [0.4, 0.5) is 4.79 Å². The molecular weight excluding hydrogens is 282 g/mol. The highest BCUT2D eigenvalue weighted by Crippen LogP contribution is 2.15. The summed E-state index contributed by atoms with van der Waals surface area (Å²) in [5.74, 6) is 0. The maximum absolute atomic E-state index is 11.6. The van der Waals surface area contributed by atoms with E-state index in [0.29, 0.717) is 6.54 Å². The standard InChI is InChI=1S/C12H16BrN3O/c13-11-4-2-1-3-9(11)7-15-12(17)16-10-5-6-14-8-10/h1-4,10,14H,5-8H2,(H2,15,16,17). The van der Waals surface area contributed by atoms with Gasteiger partial charge < -0.3 is 16.0 Å². The quantitative estimate of drug-likeness (QED) is 0.794. The zero-order valence-corrected chi connectivity index (χ0v) is 11.1. The fourth-order valence-electron chi connectivity index (χ4n) is 1.83. The van der Waals surface area contributed by atoms with Crippen molar-refractivity contribution in [1.29, 1.82) is 0 Å². The van der Waals surface area contributed by atoms with E-state index in [2.05, 4.69) is 31.9 Å². The lowest BCUT2D eigenvalue weighted by Crippen LogP contribution is -2.42. The Kier molecular flexibility index (Phi) is 4.39. The number of hydrogen-bond acceptors (Lipinski definition) is 2. The molecule has 0 aliphatic carbocycles. The molecule has 1 atom stereocenters. The maximum atomic E-state index is 11.6. The van der Waals surface area contributed by atoms with Crippen LogP contribution in [0.25, 0.3) is 0 Å². The predicted molar refractivity (Wildman–Crippen MR) is 70.8 cm³/mol. The SMILES string of the molecule is O=C(NCc1ccccc1Br)NC1CCNC1. The van der Waals surface area contributed by atoms with E-state index >= 15 is 0 Å². The number of urea groups is 1. The normalized spacial score (nSPS) is 19.0. The number of nitrogens with one attached hydrogen (secondary N) is 3.